The van der Waals surface area contributed by atoms with Gasteiger partial charge in [-0.15, -0.1) is 0 Å². The number of hydrogen-bond acceptors (Lipinski definition) is 3. The highest BCUT2D eigenvalue weighted by Gasteiger charge is 2.25. The molecule has 3 aromatic carbocycles. The fourth-order valence-corrected chi connectivity index (χ4v) is 3.63. The number of ether oxygens (including phenoxy) is 1. The van der Waals surface area contributed by atoms with E-state index in [1.807, 2.05) is 48.5 Å². The number of fused-ring (bicyclic) bond motifs is 1. The summed E-state index contributed by atoms with van der Waals surface area (Å²) in [4.78, 5) is 27.1. The minimum absolute atomic E-state index is 0.0713. The van der Waals surface area contributed by atoms with Crippen LogP contribution in [0.3, 0.4) is 0 Å². The summed E-state index contributed by atoms with van der Waals surface area (Å²) < 4.78 is 5.30. The van der Waals surface area contributed by atoms with Crippen LogP contribution in [-0.2, 0) is 13.0 Å². The van der Waals surface area contributed by atoms with E-state index in [2.05, 4.69) is 10.6 Å². The Labute approximate surface area is 175 Å². The standard InChI is InChI=1S/C24H23N3O3/c1-30-22-12-5-3-8-19(22)16-25-24(29)26-20-10-6-9-18(15-20)23(28)27-14-13-17-7-2-4-11-21(17)27/h2-12,15H,13-14,16H2,1H3,(H2,25,26,29). The first-order valence-electron chi connectivity index (χ1n) is 9.82. The second-order valence-corrected chi connectivity index (χ2v) is 7.04. The third-order valence-electron chi connectivity index (χ3n) is 5.13. The van der Waals surface area contributed by atoms with Gasteiger partial charge in [-0.25, -0.2) is 4.79 Å². The number of carbonyl (C=O) groups is 2. The zero-order chi connectivity index (χ0) is 20.9. The Morgan fingerprint density at radius 2 is 1.80 bits per heavy atom. The van der Waals surface area contributed by atoms with E-state index in [-0.39, 0.29) is 11.9 Å². The average Bonchev–Trinajstić information content (AvgIpc) is 3.21. The van der Waals surface area contributed by atoms with Crippen LogP contribution in [0.5, 0.6) is 5.75 Å². The molecule has 0 aliphatic carbocycles. The van der Waals surface area contributed by atoms with Crippen LogP contribution in [0.25, 0.3) is 0 Å². The summed E-state index contributed by atoms with van der Waals surface area (Å²) in [5, 5.41) is 5.61. The van der Waals surface area contributed by atoms with Gasteiger partial charge in [0, 0.05) is 35.6 Å². The number of rotatable bonds is 5. The number of carbonyl (C=O) groups excluding carboxylic acids is 2. The maximum Gasteiger partial charge on any atom is 0.319 e. The fourth-order valence-electron chi connectivity index (χ4n) is 3.63. The van der Waals surface area contributed by atoms with Crippen molar-refractivity contribution in [3.63, 3.8) is 0 Å². The quantitative estimate of drug-likeness (QED) is 0.672. The van der Waals surface area contributed by atoms with Crippen molar-refractivity contribution in [2.45, 2.75) is 13.0 Å². The van der Waals surface area contributed by atoms with Gasteiger partial charge < -0.3 is 20.3 Å². The van der Waals surface area contributed by atoms with Crippen LogP contribution in [-0.4, -0.2) is 25.6 Å². The minimum Gasteiger partial charge on any atom is -0.496 e. The number of urea groups is 1. The lowest BCUT2D eigenvalue weighted by Gasteiger charge is -2.18. The number of methoxy groups -OCH3 is 1. The molecule has 2 N–H and O–H groups in total. The van der Waals surface area contributed by atoms with E-state index < -0.39 is 0 Å². The summed E-state index contributed by atoms with van der Waals surface area (Å²) in [5.41, 5.74) is 4.11. The predicted molar refractivity (Wildman–Crippen MR) is 117 cm³/mol. The minimum atomic E-state index is -0.350. The van der Waals surface area contributed by atoms with Crippen LogP contribution in [0.15, 0.2) is 72.8 Å². The van der Waals surface area contributed by atoms with Crippen molar-refractivity contribution in [1.82, 2.24) is 5.32 Å². The van der Waals surface area contributed by atoms with Gasteiger partial charge in [-0.05, 0) is 42.3 Å². The van der Waals surface area contributed by atoms with Gasteiger partial charge in [0.1, 0.15) is 5.75 Å². The summed E-state index contributed by atoms with van der Waals surface area (Å²) >= 11 is 0. The van der Waals surface area contributed by atoms with Crippen molar-refractivity contribution in [2.75, 3.05) is 23.9 Å². The molecule has 1 heterocycles. The Morgan fingerprint density at radius 1 is 1.00 bits per heavy atom. The second-order valence-electron chi connectivity index (χ2n) is 7.04. The topological polar surface area (TPSA) is 70.7 Å². The van der Waals surface area contributed by atoms with Gasteiger partial charge in [0.15, 0.2) is 0 Å². The Bertz CT molecular complexity index is 1080. The van der Waals surface area contributed by atoms with E-state index in [9.17, 15) is 9.59 Å². The molecule has 0 radical (unpaired) electrons. The zero-order valence-corrected chi connectivity index (χ0v) is 16.7. The molecule has 0 aromatic heterocycles. The molecule has 30 heavy (non-hydrogen) atoms. The lowest BCUT2D eigenvalue weighted by molar-refractivity contribution is 0.0989. The van der Waals surface area contributed by atoms with Gasteiger partial charge in [0.25, 0.3) is 5.91 Å². The maximum absolute atomic E-state index is 13.0. The van der Waals surface area contributed by atoms with Gasteiger partial charge in [-0.1, -0.05) is 42.5 Å². The van der Waals surface area contributed by atoms with Crippen LogP contribution in [0, 0.1) is 0 Å². The molecule has 6 nitrogen and oxygen atoms in total. The zero-order valence-electron chi connectivity index (χ0n) is 16.7. The van der Waals surface area contributed by atoms with Crippen LogP contribution < -0.4 is 20.3 Å². The largest absolute Gasteiger partial charge is 0.496 e. The average molecular weight is 401 g/mol. The van der Waals surface area contributed by atoms with Crippen molar-refractivity contribution >= 4 is 23.3 Å². The summed E-state index contributed by atoms with van der Waals surface area (Å²) in [6.45, 7) is 0.994. The molecule has 0 unspecified atom stereocenters. The number of hydrogen-bond donors (Lipinski definition) is 2. The SMILES string of the molecule is COc1ccccc1CNC(=O)Nc1cccc(C(=O)N2CCc3ccccc32)c1. The molecule has 0 fully saturated rings. The molecular formula is C24H23N3O3. The fraction of sp³-hybridized carbons (Fsp3) is 0.167. The normalized spacial score (nSPS) is 12.2. The Morgan fingerprint density at radius 3 is 2.67 bits per heavy atom. The lowest BCUT2D eigenvalue weighted by atomic mass is 10.1. The number of amides is 3. The van der Waals surface area contributed by atoms with Crippen molar-refractivity contribution in [2.24, 2.45) is 0 Å². The highest BCUT2D eigenvalue weighted by molar-refractivity contribution is 6.08. The smallest absolute Gasteiger partial charge is 0.319 e. The highest BCUT2D eigenvalue weighted by atomic mass is 16.5. The number of anilines is 2. The Hall–Kier alpha value is -3.80. The molecule has 3 amide bonds. The van der Waals surface area contributed by atoms with Crippen LogP contribution in [0.1, 0.15) is 21.5 Å². The van der Waals surface area contributed by atoms with Gasteiger partial charge in [-0.3, -0.25) is 4.79 Å². The van der Waals surface area contributed by atoms with E-state index in [1.54, 1.807) is 36.3 Å². The molecule has 152 valence electrons. The van der Waals surface area contributed by atoms with Crippen molar-refractivity contribution < 1.29 is 14.3 Å². The highest BCUT2D eigenvalue weighted by Crippen LogP contribution is 2.29. The molecule has 3 aromatic rings. The molecule has 6 heteroatoms. The molecule has 1 aliphatic heterocycles. The number of nitrogens with one attached hydrogen (secondary N) is 2. The van der Waals surface area contributed by atoms with Gasteiger partial charge in [-0.2, -0.15) is 0 Å². The van der Waals surface area contributed by atoms with E-state index >= 15 is 0 Å². The molecule has 0 spiro atoms. The van der Waals surface area contributed by atoms with Gasteiger partial charge >= 0.3 is 6.03 Å². The number of para-hydroxylation sites is 2. The van der Waals surface area contributed by atoms with Crippen LogP contribution in [0.2, 0.25) is 0 Å². The Balaban J connectivity index is 1.41. The number of nitrogens with zero attached hydrogens (tertiary/aromatic N) is 1. The summed E-state index contributed by atoms with van der Waals surface area (Å²) in [6, 6.07) is 22.1. The maximum atomic E-state index is 13.0. The molecule has 0 atom stereocenters. The molecule has 1 aliphatic rings. The van der Waals surface area contributed by atoms with Gasteiger partial charge in [0.2, 0.25) is 0 Å². The predicted octanol–water partition coefficient (Wildman–Crippen LogP) is 4.22. The molecule has 0 bridgehead atoms. The first kappa shape index (κ1) is 19.5. The first-order valence-corrected chi connectivity index (χ1v) is 9.82. The van der Waals surface area contributed by atoms with Crippen molar-refractivity contribution in [3.8, 4) is 5.75 Å². The van der Waals surface area contributed by atoms with Crippen LogP contribution >= 0.6 is 0 Å². The number of benzene rings is 3. The van der Waals surface area contributed by atoms with Crippen LogP contribution in [0.4, 0.5) is 16.2 Å². The van der Waals surface area contributed by atoms with Gasteiger partial charge in [0.05, 0.1) is 7.11 Å². The molecule has 0 saturated heterocycles. The van der Waals surface area contributed by atoms with E-state index in [4.69, 9.17) is 4.74 Å². The first-order chi connectivity index (χ1) is 14.7. The molecule has 0 saturated carbocycles. The summed E-state index contributed by atoms with van der Waals surface area (Å²) in [5.74, 6) is 0.648. The summed E-state index contributed by atoms with van der Waals surface area (Å²) in [6.07, 6.45) is 0.852. The van der Waals surface area contributed by atoms with E-state index in [0.29, 0.717) is 24.3 Å². The second kappa shape index (κ2) is 8.69. The lowest BCUT2D eigenvalue weighted by Crippen LogP contribution is -2.30. The molecule has 4 rings (SSSR count). The Kier molecular flexibility index (Phi) is 5.66. The van der Waals surface area contributed by atoms with Crippen molar-refractivity contribution in [3.05, 3.63) is 89.5 Å². The van der Waals surface area contributed by atoms with Crippen molar-refractivity contribution in [1.29, 1.82) is 0 Å². The summed E-state index contributed by atoms with van der Waals surface area (Å²) in [7, 11) is 1.60. The molecular weight excluding hydrogens is 378 g/mol. The third kappa shape index (κ3) is 4.12. The van der Waals surface area contributed by atoms with E-state index in [1.165, 1.54) is 5.56 Å². The third-order valence-corrected chi connectivity index (χ3v) is 5.13. The van der Waals surface area contributed by atoms with E-state index in [0.717, 1.165) is 23.4 Å². The monoisotopic (exact) mass is 401 g/mol.